The number of carboxylic acids is 1. The SMILES string of the molecule is COc1ccc(C(=O)O)c(F)c1NC(=O)OCc1ccccc1. The van der Waals surface area contributed by atoms with Crippen LogP contribution in [-0.2, 0) is 11.3 Å². The minimum absolute atomic E-state index is 0.00473. The molecule has 0 radical (unpaired) electrons. The molecule has 0 aliphatic carbocycles. The predicted molar refractivity (Wildman–Crippen MR) is 80.2 cm³/mol. The normalized spacial score (nSPS) is 10.0. The zero-order valence-corrected chi connectivity index (χ0v) is 12.2. The van der Waals surface area contributed by atoms with Crippen molar-refractivity contribution in [3.05, 3.63) is 59.4 Å². The number of carbonyl (C=O) groups excluding carboxylic acids is 1. The van der Waals surface area contributed by atoms with Gasteiger partial charge in [-0.25, -0.2) is 14.0 Å². The van der Waals surface area contributed by atoms with E-state index in [0.717, 1.165) is 11.6 Å². The molecule has 7 heteroatoms. The third-order valence-electron chi connectivity index (χ3n) is 2.99. The third kappa shape index (κ3) is 3.97. The Bertz CT molecular complexity index is 718. The quantitative estimate of drug-likeness (QED) is 0.883. The first-order chi connectivity index (χ1) is 11.0. The van der Waals surface area contributed by atoms with E-state index in [2.05, 4.69) is 5.32 Å². The van der Waals surface area contributed by atoms with E-state index in [4.69, 9.17) is 14.6 Å². The van der Waals surface area contributed by atoms with Gasteiger partial charge < -0.3 is 14.6 Å². The van der Waals surface area contributed by atoms with E-state index < -0.39 is 23.4 Å². The lowest BCUT2D eigenvalue weighted by atomic mass is 10.1. The van der Waals surface area contributed by atoms with Crippen LogP contribution >= 0.6 is 0 Å². The number of ether oxygens (including phenoxy) is 2. The summed E-state index contributed by atoms with van der Waals surface area (Å²) in [4.78, 5) is 22.7. The number of nitrogens with one attached hydrogen (secondary N) is 1. The van der Waals surface area contributed by atoms with Gasteiger partial charge in [0.05, 0.1) is 12.7 Å². The van der Waals surface area contributed by atoms with Gasteiger partial charge in [0.25, 0.3) is 0 Å². The van der Waals surface area contributed by atoms with Gasteiger partial charge in [-0.2, -0.15) is 0 Å². The highest BCUT2D eigenvalue weighted by molar-refractivity contribution is 5.93. The van der Waals surface area contributed by atoms with E-state index in [9.17, 15) is 14.0 Å². The number of aromatic carboxylic acids is 1. The van der Waals surface area contributed by atoms with Crippen LogP contribution in [0.2, 0.25) is 0 Å². The zero-order valence-electron chi connectivity index (χ0n) is 12.2. The summed E-state index contributed by atoms with van der Waals surface area (Å²) >= 11 is 0. The molecular weight excluding hydrogens is 305 g/mol. The average molecular weight is 319 g/mol. The minimum atomic E-state index is -1.45. The van der Waals surface area contributed by atoms with Gasteiger partial charge in [-0.1, -0.05) is 30.3 Å². The zero-order chi connectivity index (χ0) is 16.8. The van der Waals surface area contributed by atoms with Gasteiger partial charge in [0.15, 0.2) is 5.82 Å². The van der Waals surface area contributed by atoms with Crippen LogP contribution in [-0.4, -0.2) is 24.3 Å². The molecule has 0 aromatic heterocycles. The van der Waals surface area contributed by atoms with Gasteiger partial charge >= 0.3 is 12.1 Å². The Hall–Kier alpha value is -3.09. The first-order valence-electron chi connectivity index (χ1n) is 6.60. The number of methoxy groups -OCH3 is 1. The van der Waals surface area contributed by atoms with Crippen LogP contribution < -0.4 is 10.1 Å². The number of amides is 1. The molecule has 2 rings (SSSR count). The summed E-state index contributed by atoms with van der Waals surface area (Å²) in [6, 6.07) is 11.2. The molecule has 0 heterocycles. The van der Waals surface area contributed by atoms with Crippen molar-refractivity contribution in [2.45, 2.75) is 6.61 Å². The van der Waals surface area contributed by atoms with Crippen molar-refractivity contribution in [3.63, 3.8) is 0 Å². The summed E-state index contributed by atoms with van der Waals surface area (Å²) in [5.41, 5.74) is -0.205. The Balaban J connectivity index is 2.13. The lowest BCUT2D eigenvalue weighted by Gasteiger charge is -2.13. The Morgan fingerprint density at radius 2 is 1.87 bits per heavy atom. The molecule has 120 valence electrons. The summed E-state index contributed by atoms with van der Waals surface area (Å²) < 4.78 is 24.1. The van der Waals surface area contributed by atoms with Gasteiger partial charge in [-0.05, 0) is 17.7 Å². The van der Waals surface area contributed by atoms with Gasteiger partial charge in [-0.15, -0.1) is 0 Å². The van der Waals surface area contributed by atoms with Crippen LogP contribution in [0, 0.1) is 5.82 Å². The predicted octanol–water partition coefficient (Wildman–Crippen LogP) is 3.28. The van der Waals surface area contributed by atoms with Gasteiger partial charge in [0, 0.05) is 0 Å². The first kappa shape index (κ1) is 16.3. The largest absolute Gasteiger partial charge is 0.494 e. The topological polar surface area (TPSA) is 84.9 Å². The Morgan fingerprint density at radius 3 is 2.48 bits per heavy atom. The van der Waals surface area contributed by atoms with Crippen LogP contribution in [0.5, 0.6) is 5.75 Å². The number of halogens is 1. The molecule has 0 fully saturated rings. The van der Waals surface area contributed by atoms with Crippen LogP contribution in [0.25, 0.3) is 0 Å². The highest BCUT2D eigenvalue weighted by Gasteiger charge is 2.20. The molecule has 6 nitrogen and oxygen atoms in total. The van der Waals surface area contributed by atoms with E-state index in [1.165, 1.54) is 13.2 Å². The molecule has 0 atom stereocenters. The Kier molecular flexibility index (Phi) is 5.14. The monoisotopic (exact) mass is 319 g/mol. The fourth-order valence-corrected chi connectivity index (χ4v) is 1.87. The van der Waals surface area contributed by atoms with Crippen molar-refractivity contribution >= 4 is 17.7 Å². The molecule has 23 heavy (non-hydrogen) atoms. The second-order valence-corrected chi connectivity index (χ2v) is 4.50. The molecule has 2 N–H and O–H groups in total. The summed E-state index contributed by atoms with van der Waals surface area (Å²) in [6.07, 6.45) is -0.923. The smallest absolute Gasteiger partial charge is 0.412 e. The molecule has 2 aromatic carbocycles. The second-order valence-electron chi connectivity index (χ2n) is 4.50. The Labute approximate surface area is 131 Å². The number of benzene rings is 2. The van der Waals surface area contributed by atoms with E-state index in [1.807, 2.05) is 6.07 Å². The second kappa shape index (κ2) is 7.26. The van der Waals surface area contributed by atoms with Crippen LogP contribution in [0.15, 0.2) is 42.5 Å². The van der Waals surface area contributed by atoms with Crippen molar-refractivity contribution in [3.8, 4) is 5.75 Å². The Morgan fingerprint density at radius 1 is 1.17 bits per heavy atom. The lowest BCUT2D eigenvalue weighted by molar-refractivity contribution is 0.0691. The molecular formula is C16H14FNO5. The number of anilines is 1. The molecule has 2 aromatic rings. The van der Waals surface area contributed by atoms with Crippen molar-refractivity contribution in [1.82, 2.24) is 0 Å². The van der Waals surface area contributed by atoms with E-state index in [-0.39, 0.29) is 18.0 Å². The highest BCUT2D eigenvalue weighted by Crippen LogP contribution is 2.30. The molecule has 0 bridgehead atoms. The first-order valence-corrected chi connectivity index (χ1v) is 6.60. The van der Waals surface area contributed by atoms with Gasteiger partial charge in [-0.3, -0.25) is 5.32 Å². The minimum Gasteiger partial charge on any atom is -0.494 e. The standard InChI is InChI=1S/C16H14FNO5/c1-22-12-8-7-11(15(19)20)13(17)14(12)18-16(21)23-9-10-5-3-2-4-6-10/h2-8H,9H2,1H3,(H,18,21)(H,19,20). The van der Waals surface area contributed by atoms with Gasteiger partial charge in [0.2, 0.25) is 0 Å². The third-order valence-corrected chi connectivity index (χ3v) is 2.99. The van der Waals surface area contributed by atoms with E-state index in [1.54, 1.807) is 24.3 Å². The lowest BCUT2D eigenvalue weighted by Crippen LogP contribution is -2.16. The van der Waals surface area contributed by atoms with E-state index >= 15 is 0 Å². The fourth-order valence-electron chi connectivity index (χ4n) is 1.87. The van der Waals surface area contributed by atoms with Crippen LogP contribution in [0.4, 0.5) is 14.9 Å². The highest BCUT2D eigenvalue weighted by atomic mass is 19.1. The summed E-state index contributed by atoms with van der Waals surface area (Å²) in [5.74, 6) is -2.57. The van der Waals surface area contributed by atoms with Crippen molar-refractivity contribution in [1.29, 1.82) is 0 Å². The van der Waals surface area contributed by atoms with E-state index in [0.29, 0.717) is 0 Å². The number of carboxylic acid groups (broad SMARTS) is 1. The van der Waals surface area contributed by atoms with Crippen LogP contribution in [0.1, 0.15) is 15.9 Å². The van der Waals surface area contributed by atoms with Crippen molar-refractivity contribution < 1.29 is 28.6 Å². The maximum Gasteiger partial charge on any atom is 0.412 e. The molecule has 0 spiro atoms. The maximum absolute atomic E-state index is 14.2. The molecule has 0 aliphatic heterocycles. The number of hydrogen-bond acceptors (Lipinski definition) is 4. The molecule has 0 aliphatic rings. The number of hydrogen-bond donors (Lipinski definition) is 2. The summed E-state index contributed by atoms with van der Waals surface area (Å²) in [7, 11) is 1.27. The molecule has 1 amide bonds. The molecule has 0 unspecified atom stereocenters. The average Bonchev–Trinajstić information content (AvgIpc) is 2.55. The molecule has 0 saturated heterocycles. The number of carbonyl (C=O) groups is 2. The van der Waals surface area contributed by atoms with Crippen molar-refractivity contribution in [2.75, 3.05) is 12.4 Å². The summed E-state index contributed by atoms with van der Waals surface area (Å²) in [6.45, 7) is -0.00473. The molecule has 0 saturated carbocycles. The maximum atomic E-state index is 14.2. The number of rotatable bonds is 5. The fraction of sp³-hybridized carbons (Fsp3) is 0.125. The van der Waals surface area contributed by atoms with Crippen molar-refractivity contribution in [2.24, 2.45) is 0 Å². The summed E-state index contributed by atoms with van der Waals surface area (Å²) in [5, 5.41) is 11.1. The van der Waals surface area contributed by atoms with Gasteiger partial charge in [0.1, 0.15) is 18.0 Å². The van der Waals surface area contributed by atoms with Crippen LogP contribution in [0.3, 0.4) is 0 Å².